The first-order valence-electron chi connectivity index (χ1n) is 12.6. The number of piperidine rings is 1. The van der Waals surface area contributed by atoms with E-state index in [0.29, 0.717) is 36.3 Å². The van der Waals surface area contributed by atoms with Gasteiger partial charge in [0.2, 0.25) is 5.67 Å². The standard InChI is InChI=1S/C28H30Cl2FN3O3/c1-17(2)34-24-9-4-18(12-23(24)26(30)32-34)15-37-21-7-8-22-19(13-21)5-6-20(25(22)29)14-33-11-3-10-28(31,16-33)27(35)36/h4,7-9,12-13,17H,3,5-6,10-11,14-16H2,1-2H3,(H,35,36). The molecule has 1 unspecified atom stereocenters. The van der Waals surface area contributed by atoms with E-state index in [1.807, 2.05) is 46.0 Å². The van der Waals surface area contributed by atoms with Crippen LogP contribution in [0.3, 0.4) is 0 Å². The highest BCUT2D eigenvalue weighted by Crippen LogP contribution is 2.37. The summed E-state index contributed by atoms with van der Waals surface area (Å²) in [5, 5.41) is 15.8. The van der Waals surface area contributed by atoms with E-state index in [4.69, 9.17) is 27.9 Å². The van der Waals surface area contributed by atoms with Crippen molar-refractivity contribution >= 4 is 45.1 Å². The zero-order valence-electron chi connectivity index (χ0n) is 20.9. The minimum absolute atomic E-state index is 0.0553. The number of hydrogen-bond donors (Lipinski definition) is 1. The molecule has 5 rings (SSSR count). The Morgan fingerprint density at radius 1 is 1.22 bits per heavy atom. The summed E-state index contributed by atoms with van der Waals surface area (Å²) >= 11 is 13.1. The molecule has 2 aromatic carbocycles. The number of carboxylic acid groups (broad SMARTS) is 1. The summed E-state index contributed by atoms with van der Waals surface area (Å²) in [6.45, 7) is 5.58. The Balaban J connectivity index is 1.27. The quantitative estimate of drug-likeness (QED) is 0.360. The van der Waals surface area contributed by atoms with Gasteiger partial charge in [-0.05, 0) is 98.7 Å². The van der Waals surface area contributed by atoms with E-state index in [1.165, 1.54) is 0 Å². The average Bonchev–Trinajstić information content (AvgIpc) is 3.20. The minimum Gasteiger partial charge on any atom is -0.489 e. The van der Waals surface area contributed by atoms with E-state index in [-0.39, 0.29) is 19.0 Å². The van der Waals surface area contributed by atoms with Crippen molar-refractivity contribution in [3.8, 4) is 5.75 Å². The monoisotopic (exact) mass is 545 g/mol. The number of carbonyl (C=O) groups is 1. The summed E-state index contributed by atoms with van der Waals surface area (Å²) in [4.78, 5) is 13.2. The van der Waals surface area contributed by atoms with Crippen molar-refractivity contribution in [1.29, 1.82) is 0 Å². The van der Waals surface area contributed by atoms with Gasteiger partial charge in [-0.15, -0.1) is 0 Å². The van der Waals surface area contributed by atoms with Crippen molar-refractivity contribution in [1.82, 2.24) is 14.7 Å². The molecule has 9 heteroatoms. The first kappa shape index (κ1) is 26.0. The molecular weight excluding hydrogens is 516 g/mol. The molecule has 1 fully saturated rings. The zero-order chi connectivity index (χ0) is 26.3. The molecule has 0 amide bonds. The highest BCUT2D eigenvalue weighted by Gasteiger charge is 2.43. The van der Waals surface area contributed by atoms with Gasteiger partial charge in [0, 0.05) is 29.5 Å². The van der Waals surface area contributed by atoms with Crippen molar-refractivity contribution in [2.24, 2.45) is 0 Å². The third-order valence-electron chi connectivity index (χ3n) is 7.26. The summed E-state index contributed by atoms with van der Waals surface area (Å²) in [6, 6.07) is 12.2. The number of aliphatic carboxylic acids is 1. The Morgan fingerprint density at radius 3 is 2.78 bits per heavy atom. The number of carboxylic acids is 1. The Kier molecular flexibility index (Phi) is 7.22. The van der Waals surface area contributed by atoms with Gasteiger partial charge in [0.05, 0.1) is 5.52 Å². The third-order valence-corrected chi connectivity index (χ3v) is 8.01. The molecule has 1 atom stereocenters. The molecule has 0 bridgehead atoms. The van der Waals surface area contributed by atoms with Crippen LogP contribution >= 0.6 is 23.2 Å². The van der Waals surface area contributed by atoms with Crippen LogP contribution in [0.4, 0.5) is 4.39 Å². The number of aromatic nitrogens is 2. The topological polar surface area (TPSA) is 67.6 Å². The van der Waals surface area contributed by atoms with Gasteiger partial charge < -0.3 is 9.84 Å². The Labute approximate surface area is 225 Å². The van der Waals surface area contributed by atoms with Crippen LogP contribution in [0.1, 0.15) is 55.8 Å². The molecule has 1 aliphatic heterocycles. The lowest BCUT2D eigenvalue weighted by atomic mass is 9.90. The second-order valence-electron chi connectivity index (χ2n) is 10.3. The first-order valence-corrected chi connectivity index (χ1v) is 13.3. The zero-order valence-corrected chi connectivity index (χ0v) is 22.4. The number of nitrogens with zero attached hydrogens (tertiary/aromatic N) is 3. The summed E-state index contributed by atoms with van der Waals surface area (Å²) in [5.41, 5.74) is 2.89. The van der Waals surface area contributed by atoms with Gasteiger partial charge in [0.25, 0.3) is 0 Å². The highest BCUT2D eigenvalue weighted by atomic mass is 35.5. The molecule has 0 saturated carbocycles. The van der Waals surface area contributed by atoms with E-state index in [2.05, 4.69) is 18.9 Å². The average molecular weight is 546 g/mol. The minimum atomic E-state index is -2.19. The SMILES string of the molecule is CC(C)n1nc(Cl)c2cc(COc3ccc4c(c3)CCC(CN3CCCC(F)(C(=O)O)C3)=C4Cl)ccc21. The Bertz CT molecular complexity index is 1390. The number of ether oxygens (including phenoxy) is 1. The van der Waals surface area contributed by atoms with E-state index >= 15 is 0 Å². The van der Waals surface area contributed by atoms with E-state index in [0.717, 1.165) is 51.8 Å². The molecule has 1 N–H and O–H groups in total. The predicted octanol–water partition coefficient (Wildman–Crippen LogP) is 6.63. The second-order valence-corrected chi connectivity index (χ2v) is 11.0. The fourth-order valence-electron chi connectivity index (χ4n) is 5.29. The van der Waals surface area contributed by atoms with Crippen LogP contribution in [-0.2, 0) is 17.8 Å². The normalized spacial score (nSPS) is 20.5. The van der Waals surface area contributed by atoms with Crippen LogP contribution in [0.15, 0.2) is 42.0 Å². The molecule has 37 heavy (non-hydrogen) atoms. The molecule has 1 saturated heterocycles. The number of fused-ring (bicyclic) bond motifs is 2. The van der Waals surface area contributed by atoms with E-state index in [9.17, 15) is 14.3 Å². The van der Waals surface area contributed by atoms with Gasteiger partial charge in [0.1, 0.15) is 12.4 Å². The predicted molar refractivity (Wildman–Crippen MR) is 144 cm³/mol. The largest absolute Gasteiger partial charge is 0.489 e. The van der Waals surface area contributed by atoms with Gasteiger partial charge in [-0.3, -0.25) is 9.58 Å². The van der Waals surface area contributed by atoms with Crippen LogP contribution in [-0.4, -0.2) is 51.1 Å². The van der Waals surface area contributed by atoms with Crippen molar-refractivity contribution in [3.63, 3.8) is 0 Å². The summed E-state index contributed by atoms with van der Waals surface area (Å²) in [6.07, 6.45) is 2.11. The van der Waals surface area contributed by atoms with E-state index in [1.54, 1.807) is 0 Å². The maximum absolute atomic E-state index is 14.7. The lowest BCUT2D eigenvalue weighted by Crippen LogP contribution is -2.50. The molecule has 1 aromatic heterocycles. The number of aryl methyl sites for hydroxylation is 1. The number of likely N-dealkylation sites (tertiary alicyclic amines) is 1. The fourth-order valence-corrected chi connectivity index (χ4v) is 5.86. The molecular formula is C28H30Cl2FN3O3. The van der Waals surface area contributed by atoms with E-state index < -0.39 is 11.6 Å². The maximum Gasteiger partial charge on any atom is 0.342 e. The smallest absolute Gasteiger partial charge is 0.342 e. The van der Waals surface area contributed by atoms with Crippen LogP contribution in [0.2, 0.25) is 5.15 Å². The Hall–Kier alpha value is -2.61. The van der Waals surface area contributed by atoms with Gasteiger partial charge in [0.15, 0.2) is 5.15 Å². The first-order chi connectivity index (χ1) is 17.6. The van der Waals surface area contributed by atoms with Gasteiger partial charge in [-0.2, -0.15) is 5.10 Å². The number of halogens is 3. The molecule has 2 aliphatic rings. The van der Waals surface area contributed by atoms with Crippen molar-refractivity contribution in [2.75, 3.05) is 19.6 Å². The fraction of sp³-hybridized carbons (Fsp3) is 0.429. The molecule has 0 spiro atoms. The van der Waals surface area contributed by atoms with Crippen LogP contribution in [0, 0.1) is 0 Å². The highest BCUT2D eigenvalue weighted by molar-refractivity contribution is 6.49. The van der Waals surface area contributed by atoms with Gasteiger partial charge in [-0.25, -0.2) is 9.18 Å². The number of rotatable bonds is 7. The molecule has 2 heterocycles. The van der Waals surface area contributed by atoms with Gasteiger partial charge >= 0.3 is 5.97 Å². The number of hydrogen-bond acceptors (Lipinski definition) is 4. The summed E-state index contributed by atoms with van der Waals surface area (Å²) in [7, 11) is 0. The lowest BCUT2D eigenvalue weighted by molar-refractivity contribution is -0.154. The molecule has 0 radical (unpaired) electrons. The van der Waals surface area contributed by atoms with Crippen molar-refractivity contribution in [2.45, 2.75) is 57.8 Å². The van der Waals surface area contributed by atoms with Crippen LogP contribution in [0.5, 0.6) is 5.75 Å². The van der Waals surface area contributed by atoms with Gasteiger partial charge in [-0.1, -0.05) is 29.3 Å². The van der Waals surface area contributed by atoms with Crippen LogP contribution in [0.25, 0.3) is 15.9 Å². The number of alkyl halides is 1. The van der Waals surface area contributed by atoms with Crippen LogP contribution < -0.4 is 4.74 Å². The summed E-state index contributed by atoms with van der Waals surface area (Å²) < 4.78 is 22.7. The second kappa shape index (κ2) is 10.3. The maximum atomic E-state index is 14.7. The molecule has 3 aromatic rings. The molecule has 196 valence electrons. The lowest BCUT2D eigenvalue weighted by Gasteiger charge is -2.36. The summed E-state index contributed by atoms with van der Waals surface area (Å²) in [5.74, 6) is -0.622. The Morgan fingerprint density at radius 2 is 2.03 bits per heavy atom. The van der Waals surface area contributed by atoms with Crippen molar-refractivity contribution in [3.05, 3.63) is 63.8 Å². The molecule has 6 nitrogen and oxygen atoms in total. The van der Waals surface area contributed by atoms with Crippen molar-refractivity contribution < 1.29 is 19.0 Å². The molecule has 1 aliphatic carbocycles. The third kappa shape index (κ3) is 5.22. The number of benzene rings is 2.